The molecule has 1 aliphatic heterocycles. The van der Waals surface area contributed by atoms with Crippen LogP contribution >= 0.6 is 35.0 Å². The standard InChI is InChI=1S/C14H19Cl2NO2S/c1-17(10-5-6-20-9-10)7-11(18)8-19-14-12(15)3-2-4-13(14)16/h2-4,10-11,18H,5-9H2,1H3. The molecule has 112 valence electrons. The second-order valence-electron chi connectivity index (χ2n) is 4.97. The zero-order chi connectivity index (χ0) is 14.5. The maximum absolute atomic E-state index is 10.1. The molecular formula is C14H19Cl2NO2S. The van der Waals surface area contributed by atoms with Crippen LogP contribution in [0.1, 0.15) is 6.42 Å². The van der Waals surface area contributed by atoms with E-state index in [4.69, 9.17) is 27.9 Å². The Morgan fingerprint density at radius 2 is 2.15 bits per heavy atom. The number of likely N-dealkylation sites (N-methyl/N-ethyl adjacent to an activating group) is 1. The maximum atomic E-state index is 10.1. The summed E-state index contributed by atoms with van der Waals surface area (Å²) in [6.45, 7) is 0.779. The normalized spacial score (nSPS) is 20.4. The summed E-state index contributed by atoms with van der Waals surface area (Å²) in [5, 5.41) is 11.0. The van der Waals surface area contributed by atoms with Gasteiger partial charge in [0.1, 0.15) is 12.7 Å². The van der Waals surface area contributed by atoms with E-state index in [0.29, 0.717) is 28.4 Å². The van der Waals surface area contributed by atoms with E-state index in [1.54, 1.807) is 18.2 Å². The molecule has 1 aromatic carbocycles. The molecule has 0 saturated carbocycles. The van der Waals surface area contributed by atoms with E-state index in [1.807, 2.05) is 18.8 Å². The van der Waals surface area contributed by atoms with Crippen molar-refractivity contribution < 1.29 is 9.84 Å². The Labute approximate surface area is 134 Å². The molecule has 0 aromatic heterocycles. The van der Waals surface area contributed by atoms with E-state index in [2.05, 4.69) is 4.90 Å². The molecule has 6 heteroatoms. The van der Waals surface area contributed by atoms with Crippen molar-refractivity contribution in [3.05, 3.63) is 28.2 Å². The quantitative estimate of drug-likeness (QED) is 0.865. The topological polar surface area (TPSA) is 32.7 Å². The largest absolute Gasteiger partial charge is 0.488 e. The molecule has 1 fully saturated rings. The Kier molecular flexibility index (Phi) is 6.30. The van der Waals surface area contributed by atoms with Gasteiger partial charge >= 0.3 is 0 Å². The lowest BCUT2D eigenvalue weighted by atomic mass is 10.2. The monoisotopic (exact) mass is 335 g/mol. The first-order valence-electron chi connectivity index (χ1n) is 6.60. The number of benzene rings is 1. The van der Waals surface area contributed by atoms with Gasteiger partial charge in [0.05, 0.1) is 10.0 Å². The van der Waals surface area contributed by atoms with Crippen molar-refractivity contribution in [1.82, 2.24) is 4.90 Å². The number of aliphatic hydroxyl groups excluding tert-OH is 1. The van der Waals surface area contributed by atoms with Crippen molar-refractivity contribution in [3.8, 4) is 5.75 Å². The van der Waals surface area contributed by atoms with Crippen molar-refractivity contribution in [2.45, 2.75) is 18.6 Å². The molecule has 0 radical (unpaired) electrons. The van der Waals surface area contributed by atoms with Crippen LogP contribution in [0.3, 0.4) is 0 Å². The minimum atomic E-state index is -0.557. The molecule has 1 N–H and O–H groups in total. The highest BCUT2D eigenvalue weighted by atomic mass is 35.5. The van der Waals surface area contributed by atoms with Gasteiger partial charge in [0.25, 0.3) is 0 Å². The molecule has 1 heterocycles. The summed E-state index contributed by atoms with van der Waals surface area (Å²) in [6.07, 6.45) is 0.628. The lowest BCUT2D eigenvalue weighted by Gasteiger charge is -2.26. The van der Waals surface area contributed by atoms with Gasteiger partial charge in [-0.1, -0.05) is 29.3 Å². The average Bonchev–Trinajstić information content (AvgIpc) is 2.92. The summed E-state index contributed by atoms with van der Waals surface area (Å²) in [7, 11) is 2.04. The van der Waals surface area contributed by atoms with E-state index >= 15 is 0 Å². The van der Waals surface area contributed by atoms with Crippen LogP contribution in [-0.4, -0.2) is 53.9 Å². The minimum Gasteiger partial charge on any atom is -0.488 e. The van der Waals surface area contributed by atoms with Gasteiger partial charge in [0.15, 0.2) is 5.75 Å². The third kappa shape index (κ3) is 4.43. The first-order chi connectivity index (χ1) is 9.58. The predicted octanol–water partition coefficient (Wildman–Crippen LogP) is 3.17. The molecule has 0 aliphatic carbocycles. The van der Waals surface area contributed by atoms with Gasteiger partial charge in [-0.25, -0.2) is 0 Å². The van der Waals surface area contributed by atoms with E-state index < -0.39 is 6.10 Å². The Bertz CT molecular complexity index is 421. The lowest BCUT2D eigenvalue weighted by Crippen LogP contribution is -2.39. The van der Waals surface area contributed by atoms with E-state index in [-0.39, 0.29) is 6.61 Å². The molecule has 1 saturated heterocycles. The molecule has 20 heavy (non-hydrogen) atoms. The summed E-state index contributed by atoms with van der Waals surface area (Å²) in [5.41, 5.74) is 0. The van der Waals surface area contributed by atoms with Crippen LogP contribution in [0.25, 0.3) is 0 Å². The van der Waals surface area contributed by atoms with E-state index in [0.717, 1.165) is 5.75 Å². The van der Waals surface area contributed by atoms with Crippen molar-refractivity contribution in [2.24, 2.45) is 0 Å². The molecule has 2 atom stereocenters. The number of para-hydroxylation sites is 1. The van der Waals surface area contributed by atoms with Gasteiger partial charge in [-0.3, -0.25) is 4.90 Å². The van der Waals surface area contributed by atoms with Gasteiger partial charge in [0.2, 0.25) is 0 Å². The highest BCUT2D eigenvalue weighted by molar-refractivity contribution is 7.99. The zero-order valence-electron chi connectivity index (χ0n) is 11.4. The summed E-state index contributed by atoms with van der Waals surface area (Å²) < 4.78 is 5.55. The molecule has 2 unspecified atom stereocenters. The molecule has 1 aromatic rings. The fraction of sp³-hybridized carbons (Fsp3) is 0.571. The second kappa shape index (κ2) is 7.76. The highest BCUT2D eigenvalue weighted by Gasteiger charge is 2.22. The van der Waals surface area contributed by atoms with Gasteiger partial charge in [-0.15, -0.1) is 0 Å². The third-order valence-corrected chi connectivity index (χ3v) is 5.11. The fourth-order valence-electron chi connectivity index (χ4n) is 2.20. The number of thioether (sulfide) groups is 1. The molecule has 0 amide bonds. The number of rotatable bonds is 6. The Balaban J connectivity index is 1.81. The van der Waals surface area contributed by atoms with Gasteiger partial charge in [0, 0.05) is 18.3 Å². The Hall–Kier alpha value is -0.130. The molecule has 0 bridgehead atoms. The summed E-state index contributed by atoms with van der Waals surface area (Å²) in [6, 6.07) is 5.76. The first-order valence-corrected chi connectivity index (χ1v) is 8.52. The summed E-state index contributed by atoms with van der Waals surface area (Å²) in [4.78, 5) is 2.20. The smallest absolute Gasteiger partial charge is 0.156 e. The van der Waals surface area contributed by atoms with E-state index in [1.165, 1.54) is 12.2 Å². The van der Waals surface area contributed by atoms with Gasteiger partial charge < -0.3 is 9.84 Å². The molecular weight excluding hydrogens is 317 g/mol. The van der Waals surface area contributed by atoms with Crippen LogP contribution in [0, 0.1) is 0 Å². The molecule has 2 rings (SSSR count). The van der Waals surface area contributed by atoms with Crippen molar-refractivity contribution >= 4 is 35.0 Å². The molecule has 3 nitrogen and oxygen atoms in total. The van der Waals surface area contributed by atoms with Crippen LogP contribution in [0.4, 0.5) is 0 Å². The highest BCUT2D eigenvalue weighted by Crippen LogP contribution is 2.32. The fourth-order valence-corrected chi connectivity index (χ4v) is 4.01. The van der Waals surface area contributed by atoms with Crippen LogP contribution in [0.15, 0.2) is 18.2 Å². The lowest BCUT2D eigenvalue weighted by molar-refractivity contribution is 0.0665. The summed E-state index contributed by atoms with van der Waals surface area (Å²) >= 11 is 14.0. The van der Waals surface area contributed by atoms with Crippen LogP contribution in [-0.2, 0) is 0 Å². The summed E-state index contributed by atoms with van der Waals surface area (Å²) in [5.74, 6) is 2.78. The minimum absolute atomic E-state index is 0.188. The van der Waals surface area contributed by atoms with E-state index in [9.17, 15) is 5.11 Å². The Morgan fingerprint density at radius 3 is 2.75 bits per heavy atom. The van der Waals surface area contributed by atoms with Crippen LogP contribution in [0.5, 0.6) is 5.75 Å². The Morgan fingerprint density at radius 1 is 1.45 bits per heavy atom. The van der Waals surface area contributed by atoms with Crippen LogP contribution in [0.2, 0.25) is 10.0 Å². The SMILES string of the molecule is CN(CC(O)COc1c(Cl)cccc1Cl)C1CCSC1. The number of nitrogens with zero attached hydrogens (tertiary/aromatic N) is 1. The maximum Gasteiger partial charge on any atom is 0.156 e. The third-order valence-electron chi connectivity index (χ3n) is 3.37. The average molecular weight is 336 g/mol. The van der Waals surface area contributed by atoms with Crippen molar-refractivity contribution in [1.29, 1.82) is 0 Å². The first kappa shape index (κ1) is 16.2. The zero-order valence-corrected chi connectivity index (χ0v) is 13.7. The van der Waals surface area contributed by atoms with Crippen molar-refractivity contribution in [3.63, 3.8) is 0 Å². The number of halogens is 2. The predicted molar refractivity (Wildman–Crippen MR) is 86.3 cm³/mol. The number of aliphatic hydroxyl groups is 1. The van der Waals surface area contributed by atoms with Crippen molar-refractivity contribution in [2.75, 3.05) is 31.7 Å². The molecule has 0 spiro atoms. The van der Waals surface area contributed by atoms with Crippen LogP contribution < -0.4 is 4.74 Å². The number of hydrogen-bond donors (Lipinski definition) is 1. The molecule has 1 aliphatic rings. The van der Waals surface area contributed by atoms with Gasteiger partial charge in [-0.05, 0) is 31.4 Å². The number of ether oxygens (including phenoxy) is 1. The number of hydrogen-bond acceptors (Lipinski definition) is 4. The second-order valence-corrected chi connectivity index (χ2v) is 6.94. The van der Waals surface area contributed by atoms with Gasteiger partial charge in [-0.2, -0.15) is 11.8 Å².